The number of benzene rings is 3. The maximum Gasteiger partial charge on any atom is 0.229 e. The molecule has 5 rings (SSSR count). The fourth-order valence-electron chi connectivity index (χ4n) is 4.52. The van der Waals surface area contributed by atoms with Crippen LogP contribution in [0.25, 0.3) is 0 Å². The summed E-state index contributed by atoms with van der Waals surface area (Å²) in [6.45, 7) is 2.92. The Morgan fingerprint density at radius 3 is 2.56 bits per heavy atom. The minimum absolute atomic E-state index is 0.0154. The van der Waals surface area contributed by atoms with Crippen molar-refractivity contribution in [1.29, 1.82) is 5.26 Å². The van der Waals surface area contributed by atoms with Gasteiger partial charge in [0, 0.05) is 18.0 Å². The molecule has 0 aromatic heterocycles. The highest BCUT2D eigenvalue weighted by molar-refractivity contribution is 8.03. The standard InChI is InChI=1S/C29H27N3O3S/c1-20-8-11-23(12-9-20)31-18-32-28(33)15-24(25(16-30)29(32)36-19-31)22-10-13-26(27(14-22)34-2)35-17-21-6-4-3-5-7-21/h3-14,24H,15,17-19H2,1-2H3/t24-/m0/s1. The molecule has 2 aliphatic heterocycles. The van der Waals surface area contributed by atoms with Crippen molar-refractivity contribution in [3.8, 4) is 17.6 Å². The SMILES string of the molecule is COc1cc([C@@H]2CC(=O)N3CN(c4ccc(C)cc4)CSC3=C2C#N)ccc1OCc1ccccc1. The summed E-state index contributed by atoms with van der Waals surface area (Å²) >= 11 is 1.54. The normalized spacial score (nSPS) is 17.5. The van der Waals surface area contributed by atoms with Crippen molar-refractivity contribution in [3.05, 3.63) is 100 Å². The molecule has 7 heteroatoms. The summed E-state index contributed by atoms with van der Waals surface area (Å²) in [5.41, 5.74) is 4.82. The van der Waals surface area contributed by atoms with Gasteiger partial charge in [-0.25, -0.2) is 0 Å². The van der Waals surface area contributed by atoms with Crippen molar-refractivity contribution in [1.82, 2.24) is 4.90 Å². The lowest BCUT2D eigenvalue weighted by Gasteiger charge is -2.42. The Balaban J connectivity index is 1.38. The second kappa shape index (κ2) is 10.4. The Bertz CT molecular complexity index is 1330. The number of aryl methyl sites for hydroxylation is 1. The van der Waals surface area contributed by atoms with Gasteiger partial charge in [-0.05, 0) is 42.3 Å². The van der Waals surface area contributed by atoms with Crippen molar-refractivity contribution in [2.75, 3.05) is 24.6 Å². The van der Waals surface area contributed by atoms with Gasteiger partial charge in [0.2, 0.25) is 5.91 Å². The lowest BCUT2D eigenvalue weighted by Crippen LogP contribution is -2.47. The molecule has 3 aromatic rings. The summed E-state index contributed by atoms with van der Waals surface area (Å²) < 4.78 is 11.6. The van der Waals surface area contributed by atoms with E-state index in [1.54, 1.807) is 23.8 Å². The number of carbonyl (C=O) groups is 1. The molecule has 1 saturated heterocycles. The Morgan fingerprint density at radius 2 is 1.83 bits per heavy atom. The van der Waals surface area contributed by atoms with Gasteiger partial charge in [-0.1, -0.05) is 65.9 Å². The maximum absolute atomic E-state index is 13.3. The number of ether oxygens (including phenoxy) is 2. The van der Waals surface area contributed by atoms with Crippen LogP contribution < -0.4 is 14.4 Å². The number of fused-ring (bicyclic) bond motifs is 1. The first-order valence-corrected chi connectivity index (χ1v) is 12.8. The van der Waals surface area contributed by atoms with E-state index in [1.807, 2.05) is 48.5 Å². The van der Waals surface area contributed by atoms with Crippen LogP contribution in [-0.2, 0) is 11.4 Å². The fraction of sp³-hybridized carbons (Fsp3) is 0.241. The number of carbonyl (C=O) groups excluding carboxylic acids is 1. The summed E-state index contributed by atoms with van der Waals surface area (Å²) in [6.07, 6.45) is 0.238. The minimum atomic E-state index is -0.316. The van der Waals surface area contributed by atoms with Crippen LogP contribution in [-0.4, -0.2) is 30.5 Å². The van der Waals surface area contributed by atoms with Gasteiger partial charge in [0.15, 0.2) is 11.5 Å². The molecule has 0 saturated carbocycles. The molecule has 3 aromatic carbocycles. The number of hydrogen-bond donors (Lipinski definition) is 0. The Labute approximate surface area is 215 Å². The lowest BCUT2D eigenvalue weighted by molar-refractivity contribution is -0.129. The largest absolute Gasteiger partial charge is 0.493 e. The molecule has 0 spiro atoms. The molecule has 2 heterocycles. The third kappa shape index (κ3) is 4.77. The predicted molar refractivity (Wildman–Crippen MR) is 142 cm³/mol. The molecule has 36 heavy (non-hydrogen) atoms. The summed E-state index contributed by atoms with van der Waals surface area (Å²) in [6, 6.07) is 26.3. The van der Waals surface area contributed by atoms with E-state index in [1.165, 1.54) is 5.56 Å². The number of methoxy groups -OCH3 is 1. The molecule has 1 amide bonds. The van der Waals surface area contributed by atoms with E-state index in [9.17, 15) is 10.1 Å². The van der Waals surface area contributed by atoms with E-state index in [2.05, 4.69) is 42.2 Å². The third-order valence-corrected chi connectivity index (χ3v) is 7.67. The molecule has 1 atom stereocenters. The van der Waals surface area contributed by atoms with Crippen molar-refractivity contribution >= 4 is 23.4 Å². The summed E-state index contributed by atoms with van der Waals surface area (Å²) in [7, 11) is 1.60. The second-order valence-corrected chi connectivity index (χ2v) is 9.82. The third-order valence-electron chi connectivity index (χ3n) is 6.52. The summed E-state index contributed by atoms with van der Waals surface area (Å²) in [5.74, 6) is 1.59. The highest BCUT2D eigenvalue weighted by Gasteiger charge is 2.38. The van der Waals surface area contributed by atoms with Gasteiger partial charge >= 0.3 is 0 Å². The van der Waals surface area contributed by atoms with Gasteiger partial charge in [0.1, 0.15) is 6.61 Å². The number of nitriles is 1. The number of allylic oxidation sites excluding steroid dienone is 1. The fourth-order valence-corrected chi connectivity index (χ4v) is 5.69. The van der Waals surface area contributed by atoms with Crippen LogP contribution in [0.2, 0.25) is 0 Å². The molecule has 182 valence electrons. The molecule has 0 bridgehead atoms. The zero-order chi connectivity index (χ0) is 25.1. The number of thioether (sulfide) groups is 1. The van der Waals surface area contributed by atoms with Crippen LogP contribution in [0.15, 0.2) is 83.4 Å². The van der Waals surface area contributed by atoms with Gasteiger partial charge in [0.05, 0.1) is 36.3 Å². The van der Waals surface area contributed by atoms with Crippen molar-refractivity contribution < 1.29 is 14.3 Å². The van der Waals surface area contributed by atoms with Crippen LogP contribution in [0.4, 0.5) is 5.69 Å². The maximum atomic E-state index is 13.3. The molecule has 2 aliphatic rings. The molecule has 1 fully saturated rings. The average Bonchev–Trinajstić information content (AvgIpc) is 2.92. The van der Waals surface area contributed by atoms with E-state index < -0.39 is 0 Å². The first-order chi connectivity index (χ1) is 17.6. The number of nitrogens with zero attached hydrogens (tertiary/aromatic N) is 3. The van der Waals surface area contributed by atoms with Crippen LogP contribution in [0, 0.1) is 18.3 Å². The van der Waals surface area contributed by atoms with Crippen molar-refractivity contribution in [3.63, 3.8) is 0 Å². The minimum Gasteiger partial charge on any atom is -0.493 e. The van der Waals surface area contributed by atoms with Gasteiger partial charge in [-0.3, -0.25) is 9.69 Å². The Hall–Kier alpha value is -3.89. The molecular weight excluding hydrogens is 470 g/mol. The van der Waals surface area contributed by atoms with Crippen molar-refractivity contribution in [2.24, 2.45) is 0 Å². The van der Waals surface area contributed by atoms with Gasteiger partial charge < -0.3 is 14.4 Å². The zero-order valence-electron chi connectivity index (χ0n) is 20.3. The Morgan fingerprint density at radius 1 is 1.06 bits per heavy atom. The highest BCUT2D eigenvalue weighted by atomic mass is 32.2. The second-order valence-electron chi connectivity index (χ2n) is 8.88. The van der Waals surface area contributed by atoms with E-state index in [0.717, 1.165) is 21.8 Å². The van der Waals surface area contributed by atoms with Crippen LogP contribution >= 0.6 is 11.8 Å². The van der Waals surface area contributed by atoms with Gasteiger partial charge in [-0.15, -0.1) is 0 Å². The first kappa shape index (κ1) is 23.8. The molecule has 0 aliphatic carbocycles. The molecule has 0 unspecified atom stereocenters. The van der Waals surface area contributed by atoms with E-state index >= 15 is 0 Å². The first-order valence-electron chi connectivity index (χ1n) is 11.8. The monoisotopic (exact) mass is 497 g/mol. The molecular formula is C29H27N3O3S. The van der Waals surface area contributed by atoms with Crippen molar-refractivity contribution in [2.45, 2.75) is 25.9 Å². The van der Waals surface area contributed by atoms with E-state index in [4.69, 9.17) is 9.47 Å². The predicted octanol–water partition coefficient (Wildman–Crippen LogP) is 5.80. The van der Waals surface area contributed by atoms with Gasteiger partial charge in [0.25, 0.3) is 0 Å². The van der Waals surface area contributed by atoms with E-state index in [0.29, 0.717) is 36.2 Å². The van der Waals surface area contributed by atoms with Crippen LogP contribution in [0.1, 0.15) is 29.0 Å². The average molecular weight is 498 g/mol. The highest BCUT2D eigenvalue weighted by Crippen LogP contribution is 2.44. The zero-order valence-corrected chi connectivity index (χ0v) is 21.1. The number of anilines is 1. The van der Waals surface area contributed by atoms with Crippen LogP contribution in [0.3, 0.4) is 0 Å². The topological polar surface area (TPSA) is 65.8 Å². The summed E-state index contributed by atoms with van der Waals surface area (Å²) in [5, 5.41) is 10.9. The Kier molecular flexibility index (Phi) is 6.88. The number of rotatable bonds is 6. The molecule has 0 radical (unpaired) electrons. The van der Waals surface area contributed by atoms with Crippen LogP contribution in [0.5, 0.6) is 11.5 Å². The van der Waals surface area contributed by atoms with Gasteiger partial charge in [-0.2, -0.15) is 5.26 Å². The number of amides is 1. The molecule has 6 nitrogen and oxygen atoms in total. The molecule has 0 N–H and O–H groups in total. The summed E-state index contributed by atoms with van der Waals surface area (Å²) in [4.78, 5) is 17.2. The van der Waals surface area contributed by atoms with E-state index in [-0.39, 0.29) is 18.2 Å². The quantitative estimate of drug-likeness (QED) is 0.429. The number of hydrogen-bond acceptors (Lipinski definition) is 6. The lowest BCUT2D eigenvalue weighted by atomic mass is 9.86. The smallest absolute Gasteiger partial charge is 0.229 e.